The van der Waals surface area contributed by atoms with E-state index in [1.165, 1.54) is 18.6 Å². The average molecular weight is 480 g/mol. The van der Waals surface area contributed by atoms with E-state index >= 15 is 0 Å². The molecule has 0 aliphatic carbocycles. The summed E-state index contributed by atoms with van der Waals surface area (Å²) in [6.07, 6.45) is 5.22. The number of carbonyl (C=O) groups is 1. The number of likely N-dealkylation sites (tertiary alicyclic amines) is 1. The van der Waals surface area contributed by atoms with Crippen LogP contribution in [-0.2, 0) is 13.0 Å². The van der Waals surface area contributed by atoms with E-state index in [1.54, 1.807) is 12.3 Å². The lowest BCUT2D eigenvalue weighted by molar-refractivity contribution is 0.0856. The zero-order chi connectivity index (χ0) is 23.2. The number of ether oxygens (including phenoxy) is 1. The van der Waals surface area contributed by atoms with Crippen molar-refractivity contribution in [1.82, 2.24) is 24.6 Å². The molecule has 1 N–H and O–H groups in total. The molecule has 0 radical (unpaired) electrons. The van der Waals surface area contributed by atoms with E-state index in [0.717, 1.165) is 42.8 Å². The minimum absolute atomic E-state index is 0.0153. The number of aromatic nitrogens is 4. The number of Topliss-reactive ketones (excluding diaryl/α,β-unsaturated/α-hetero) is 1. The summed E-state index contributed by atoms with van der Waals surface area (Å²) in [7, 11) is 0. The molecular formula is C25H23ClFN5O2. The summed E-state index contributed by atoms with van der Waals surface area (Å²) < 4.78 is 21.6. The first-order valence-electron chi connectivity index (χ1n) is 11.4. The molecule has 2 aliphatic heterocycles. The van der Waals surface area contributed by atoms with Gasteiger partial charge in [-0.3, -0.25) is 9.89 Å². The number of fused-ring (bicyclic) bond motifs is 2. The summed E-state index contributed by atoms with van der Waals surface area (Å²) in [6.45, 7) is 4.10. The summed E-state index contributed by atoms with van der Waals surface area (Å²) in [5.74, 6) is -0.0800. The maximum absolute atomic E-state index is 13.8. The normalized spacial score (nSPS) is 17.9. The number of nitrogens with zero attached hydrogens (tertiary/aromatic N) is 4. The number of aromatic amines is 1. The van der Waals surface area contributed by atoms with Crippen LogP contribution < -0.4 is 4.74 Å². The fourth-order valence-electron chi connectivity index (χ4n) is 4.74. The Morgan fingerprint density at radius 2 is 2.12 bits per heavy atom. The molecule has 0 spiro atoms. The number of hydrogen-bond donors (Lipinski definition) is 1. The van der Waals surface area contributed by atoms with Gasteiger partial charge < -0.3 is 14.2 Å². The minimum Gasteiger partial charge on any atom is -0.493 e. The van der Waals surface area contributed by atoms with Gasteiger partial charge in [-0.2, -0.15) is 5.10 Å². The van der Waals surface area contributed by atoms with E-state index in [4.69, 9.17) is 21.3 Å². The lowest BCUT2D eigenvalue weighted by Crippen LogP contribution is -2.39. The van der Waals surface area contributed by atoms with Crippen LogP contribution in [0.1, 0.15) is 22.3 Å². The molecule has 9 heteroatoms. The summed E-state index contributed by atoms with van der Waals surface area (Å²) in [5, 5.41) is 7.94. The highest BCUT2D eigenvalue weighted by Crippen LogP contribution is 2.33. The summed E-state index contributed by atoms with van der Waals surface area (Å²) in [5.41, 5.74) is 3.48. The van der Waals surface area contributed by atoms with E-state index in [2.05, 4.69) is 19.7 Å². The summed E-state index contributed by atoms with van der Waals surface area (Å²) in [4.78, 5) is 20.9. The third kappa shape index (κ3) is 3.76. The summed E-state index contributed by atoms with van der Waals surface area (Å²) >= 11 is 6.24. The molecule has 1 unspecified atom stereocenters. The van der Waals surface area contributed by atoms with Crippen LogP contribution in [0, 0.1) is 11.7 Å². The Bertz CT molecular complexity index is 1390. The average Bonchev–Trinajstić information content (AvgIpc) is 3.40. The molecule has 1 fully saturated rings. The lowest BCUT2D eigenvalue weighted by atomic mass is 9.90. The topological polar surface area (TPSA) is 76.0 Å². The third-order valence-electron chi connectivity index (χ3n) is 6.76. The maximum Gasteiger partial charge on any atom is 0.171 e. The van der Waals surface area contributed by atoms with Crippen molar-refractivity contribution >= 4 is 28.4 Å². The fraction of sp³-hybridized carbons (Fsp3) is 0.320. The van der Waals surface area contributed by atoms with Gasteiger partial charge in [-0.05, 0) is 61.8 Å². The molecule has 0 bridgehead atoms. The van der Waals surface area contributed by atoms with Gasteiger partial charge in [-0.15, -0.1) is 0 Å². The van der Waals surface area contributed by atoms with Crippen LogP contribution in [-0.4, -0.2) is 56.7 Å². The number of benzene rings is 1. The molecule has 2 aliphatic rings. The molecule has 0 amide bonds. The van der Waals surface area contributed by atoms with E-state index in [1.807, 2.05) is 18.3 Å². The first-order chi connectivity index (χ1) is 16.6. The van der Waals surface area contributed by atoms with Gasteiger partial charge in [-0.25, -0.2) is 9.37 Å². The molecule has 1 saturated heterocycles. The fourth-order valence-corrected chi connectivity index (χ4v) is 4.93. The lowest BCUT2D eigenvalue weighted by Gasteiger charge is -2.30. The largest absolute Gasteiger partial charge is 0.493 e. The predicted molar refractivity (Wildman–Crippen MR) is 127 cm³/mol. The van der Waals surface area contributed by atoms with Crippen molar-refractivity contribution in [3.05, 3.63) is 64.8 Å². The Labute approximate surface area is 200 Å². The zero-order valence-electron chi connectivity index (χ0n) is 18.4. The molecule has 3 aromatic heterocycles. The van der Waals surface area contributed by atoms with E-state index in [0.29, 0.717) is 34.1 Å². The second kappa shape index (κ2) is 8.52. The Balaban J connectivity index is 1.36. The van der Waals surface area contributed by atoms with Crippen LogP contribution in [0.5, 0.6) is 5.75 Å². The third-order valence-corrected chi connectivity index (χ3v) is 7.05. The number of carbonyl (C=O) groups excluding carboxylic acids is 1. The molecular weight excluding hydrogens is 457 g/mol. The molecule has 34 heavy (non-hydrogen) atoms. The maximum atomic E-state index is 13.8. The van der Waals surface area contributed by atoms with Crippen molar-refractivity contribution in [3.8, 4) is 17.0 Å². The Hall–Kier alpha value is -3.23. The monoisotopic (exact) mass is 479 g/mol. The Morgan fingerprint density at radius 1 is 1.24 bits per heavy atom. The van der Waals surface area contributed by atoms with Gasteiger partial charge in [0.2, 0.25) is 0 Å². The predicted octanol–water partition coefficient (Wildman–Crippen LogP) is 4.36. The first-order valence-corrected chi connectivity index (χ1v) is 11.8. The zero-order valence-corrected chi connectivity index (χ0v) is 19.2. The van der Waals surface area contributed by atoms with Gasteiger partial charge in [-0.1, -0.05) is 11.6 Å². The van der Waals surface area contributed by atoms with Gasteiger partial charge in [0, 0.05) is 30.2 Å². The molecule has 0 saturated carbocycles. The van der Waals surface area contributed by atoms with Crippen molar-refractivity contribution in [3.63, 3.8) is 0 Å². The van der Waals surface area contributed by atoms with E-state index in [9.17, 15) is 9.18 Å². The number of ketones is 1. The van der Waals surface area contributed by atoms with Crippen LogP contribution >= 0.6 is 11.6 Å². The van der Waals surface area contributed by atoms with Crippen LogP contribution in [0.4, 0.5) is 4.39 Å². The molecule has 6 rings (SSSR count). The molecule has 1 aromatic carbocycles. The number of nitrogens with one attached hydrogen (secondary N) is 1. The van der Waals surface area contributed by atoms with Gasteiger partial charge in [0.25, 0.3) is 0 Å². The molecule has 4 aromatic rings. The standard InChI is InChI=1S/C25H23ClFN5O2/c26-24-19(12-28-30-24)21-4-3-18-20(13-32(25(18)29-21)9-8-31-6-1-7-31)23(33)16-10-15-11-17(27)2-5-22(15)34-14-16/h2-5,11-13,16H,1,6-10,14H2,(H,28,30). The molecule has 7 nitrogen and oxygen atoms in total. The number of pyridine rings is 1. The van der Waals surface area contributed by atoms with Crippen molar-refractivity contribution in [1.29, 1.82) is 0 Å². The number of rotatable bonds is 6. The van der Waals surface area contributed by atoms with Crippen molar-refractivity contribution in [2.75, 3.05) is 26.2 Å². The van der Waals surface area contributed by atoms with Crippen LogP contribution in [0.3, 0.4) is 0 Å². The molecule has 1 atom stereocenters. The Morgan fingerprint density at radius 3 is 2.88 bits per heavy atom. The second-order valence-corrected chi connectivity index (χ2v) is 9.30. The quantitative estimate of drug-likeness (QED) is 0.416. The highest BCUT2D eigenvalue weighted by atomic mass is 35.5. The molecule has 5 heterocycles. The number of halogens is 2. The molecule has 174 valence electrons. The Kier molecular flexibility index (Phi) is 5.34. The number of H-pyrrole nitrogens is 1. The SMILES string of the molecule is O=C(c1cn(CCN2CCC2)c2nc(-c3cn[nH]c3Cl)ccc12)C1COc2ccc(F)cc2C1. The van der Waals surface area contributed by atoms with Crippen molar-refractivity contribution < 1.29 is 13.9 Å². The van der Waals surface area contributed by atoms with Gasteiger partial charge in [0.15, 0.2) is 5.78 Å². The van der Waals surface area contributed by atoms with Crippen LogP contribution in [0.25, 0.3) is 22.3 Å². The highest BCUT2D eigenvalue weighted by Gasteiger charge is 2.30. The van der Waals surface area contributed by atoms with Gasteiger partial charge in [0.05, 0.1) is 30.0 Å². The van der Waals surface area contributed by atoms with Gasteiger partial charge in [0.1, 0.15) is 22.4 Å². The van der Waals surface area contributed by atoms with Crippen LogP contribution in [0.2, 0.25) is 5.15 Å². The highest BCUT2D eigenvalue weighted by molar-refractivity contribution is 6.32. The smallest absolute Gasteiger partial charge is 0.171 e. The van der Waals surface area contributed by atoms with E-state index < -0.39 is 0 Å². The number of hydrogen-bond acceptors (Lipinski definition) is 5. The van der Waals surface area contributed by atoms with Crippen LogP contribution in [0.15, 0.2) is 42.7 Å². The van der Waals surface area contributed by atoms with Crippen molar-refractivity contribution in [2.45, 2.75) is 19.4 Å². The van der Waals surface area contributed by atoms with Gasteiger partial charge >= 0.3 is 0 Å². The van der Waals surface area contributed by atoms with E-state index in [-0.39, 0.29) is 24.1 Å². The van der Waals surface area contributed by atoms with Crippen molar-refractivity contribution in [2.24, 2.45) is 5.92 Å². The first kappa shape index (κ1) is 21.3. The second-order valence-electron chi connectivity index (χ2n) is 8.93. The summed E-state index contributed by atoms with van der Waals surface area (Å²) in [6, 6.07) is 8.23. The minimum atomic E-state index is -0.383.